The van der Waals surface area contributed by atoms with E-state index in [1.54, 1.807) is 19.1 Å². The molecule has 0 spiro atoms. The van der Waals surface area contributed by atoms with Crippen molar-refractivity contribution in [2.24, 2.45) is 5.73 Å². The zero-order chi connectivity index (χ0) is 16.9. The largest absolute Gasteiger partial charge is 0.462 e. The number of nitrogens with two attached hydrogens (primary N) is 1. The summed E-state index contributed by atoms with van der Waals surface area (Å²) < 4.78 is 10.6. The smallest absolute Gasteiger partial charge is 0.339 e. The van der Waals surface area contributed by atoms with Crippen molar-refractivity contribution >= 4 is 5.97 Å². The van der Waals surface area contributed by atoms with Gasteiger partial charge in [0.15, 0.2) is 0 Å². The van der Waals surface area contributed by atoms with Crippen LogP contribution in [0, 0.1) is 0 Å². The van der Waals surface area contributed by atoms with Crippen LogP contribution in [0.15, 0.2) is 42.6 Å². The molecule has 0 amide bonds. The molecule has 2 rings (SSSR count). The maximum absolute atomic E-state index is 11.6. The monoisotopic (exact) mass is 314 g/mol. The van der Waals surface area contributed by atoms with E-state index in [4.69, 9.17) is 15.2 Å². The molecule has 122 valence electrons. The van der Waals surface area contributed by atoms with Gasteiger partial charge in [-0.2, -0.15) is 0 Å². The van der Waals surface area contributed by atoms with Crippen molar-refractivity contribution in [3.8, 4) is 11.6 Å². The first-order chi connectivity index (χ1) is 10.9. The Morgan fingerprint density at radius 3 is 2.39 bits per heavy atom. The van der Waals surface area contributed by atoms with Gasteiger partial charge in [-0.25, -0.2) is 9.78 Å². The molecule has 0 saturated heterocycles. The highest BCUT2D eigenvalue weighted by Gasteiger charge is 2.12. The van der Waals surface area contributed by atoms with Gasteiger partial charge in [-0.15, -0.1) is 0 Å². The molecule has 0 aliphatic carbocycles. The van der Waals surface area contributed by atoms with E-state index in [0.29, 0.717) is 23.8 Å². The van der Waals surface area contributed by atoms with Crippen molar-refractivity contribution < 1.29 is 14.3 Å². The third-order valence-electron chi connectivity index (χ3n) is 3.05. The summed E-state index contributed by atoms with van der Waals surface area (Å²) in [6, 6.07) is 11.0. The number of hydrogen-bond acceptors (Lipinski definition) is 5. The van der Waals surface area contributed by atoms with E-state index in [1.165, 1.54) is 6.20 Å². The summed E-state index contributed by atoms with van der Waals surface area (Å²) in [6.45, 7) is 6.08. The van der Waals surface area contributed by atoms with Gasteiger partial charge >= 0.3 is 5.97 Å². The van der Waals surface area contributed by atoms with Crippen molar-refractivity contribution in [2.45, 2.75) is 32.7 Å². The number of ether oxygens (including phenoxy) is 2. The number of nitrogens with zero attached hydrogens (tertiary/aromatic N) is 1. The Balaban J connectivity index is 2.00. The van der Waals surface area contributed by atoms with Gasteiger partial charge in [0.25, 0.3) is 0 Å². The lowest BCUT2D eigenvalue weighted by molar-refractivity contribution is 0.0526. The number of benzene rings is 1. The number of pyridine rings is 1. The summed E-state index contributed by atoms with van der Waals surface area (Å²) in [7, 11) is 0. The second kappa shape index (κ2) is 7.24. The van der Waals surface area contributed by atoms with Crippen LogP contribution in [0.2, 0.25) is 0 Å². The summed E-state index contributed by atoms with van der Waals surface area (Å²) in [4.78, 5) is 15.7. The van der Waals surface area contributed by atoms with Crippen LogP contribution in [0.3, 0.4) is 0 Å². The lowest BCUT2D eigenvalue weighted by Crippen LogP contribution is -2.34. The average Bonchev–Trinajstić information content (AvgIpc) is 2.49. The molecule has 1 heterocycles. The molecule has 5 heteroatoms. The lowest BCUT2D eigenvalue weighted by Gasteiger charge is -2.18. The van der Waals surface area contributed by atoms with Crippen LogP contribution in [-0.2, 0) is 11.2 Å². The number of esters is 1. The zero-order valence-electron chi connectivity index (χ0n) is 13.7. The Kier molecular flexibility index (Phi) is 5.34. The van der Waals surface area contributed by atoms with Gasteiger partial charge in [-0.3, -0.25) is 0 Å². The minimum atomic E-state index is -0.389. The third kappa shape index (κ3) is 5.38. The topological polar surface area (TPSA) is 74.4 Å². The predicted molar refractivity (Wildman–Crippen MR) is 88.7 cm³/mol. The van der Waals surface area contributed by atoms with Crippen LogP contribution < -0.4 is 10.5 Å². The van der Waals surface area contributed by atoms with E-state index in [2.05, 4.69) is 4.98 Å². The van der Waals surface area contributed by atoms with E-state index < -0.39 is 0 Å². The summed E-state index contributed by atoms with van der Waals surface area (Å²) in [5.41, 5.74) is 7.32. The summed E-state index contributed by atoms with van der Waals surface area (Å²) in [5.74, 6) is 0.713. The number of carbonyl (C=O) groups excluding carboxylic acids is 1. The maximum atomic E-state index is 11.6. The van der Waals surface area contributed by atoms with Gasteiger partial charge < -0.3 is 15.2 Å². The Morgan fingerprint density at radius 2 is 1.87 bits per heavy atom. The average molecular weight is 314 g/mol. The second-order valence-corrected chi connectivity index (χ2v) is 6.02. The van der Waals surface area contributed by atoms with Gasteiger partial charge in [0.1, 0.15) is 5.75 Å². The first-order valence-corrected chi connectivity index (χ1v) is 7.56. The molecule has 0 atom stereocenters. The van der Waals surface area contributed by atoms with Crippen LogP contribution in [0.25, 0.3) is 0 Å². The highest BCUT2D eigenvalue weighted by molar-refractivity contribution is 5.89. The molecule has 0 unspecified atom stereocenters. The van der Waals surface area contributed by atoms with E-state index >= 15 is 0 Å². The Morgan fingerprint density at radius 1 is 1.17 bits per heavy atom. The van der Waals surface area contributed by atoms with Crippen LogP contribution in [0.1, 0.15) is 36.7 Å². The SMILES string of the molecule is CCOC(=O)c1ccc(Oc2ccc(CC(C)(C)N)cc2)nc1. The normalized spacial score (nSPS) is 11.1. The minimum absolute atomic E-state index is 0.243. The van der Waals surface area contributed by atoms with Gasteiger partial charge in [0.05, 0.1) is 12.2 Å². The fourth-order valence-corrected chi connectivity index (χ4v) is 2.10. The summed E-state index contributed by atoms with van der Waals surface area (Å²) in [6.07, 6.45) is 2.23. The molecule has 0 saturated carbocycles. The molecule has 2 aromatic rings. The zero-order valence-corrected chi connectivity index (χ0v) is 13.7. The number of hydrogen-bond donors (Lipinski definition) is 1. The number of carbonyl (C=O) groups is 1. The first kappa shape index (κ1) is 17.0. The molecule has 0 bridgehead atoms. The van der Waals surface area contributed by atoms with E-state index in [9.17, 15) is 4.79 Å². The molecule has 2 N–H and O–H groups in total. The van der Waals surface area contributed by atoms with Gasteiger partial charge in [-0.1, -0.05) is 12.1 Å². The summed E-state index contributed by atoms with van der Waals surface area (Å²) >= 11 is 0. The van der Waals surface area contributed by atoms with E-state index in [0.717, 1.165) is 12.0 Å². The minimum Gasteiger partial charge on any atom is -0.462 e. The molecule has 0 aliphatic heterocycles. The van der Waals surface area contributed by atoms with Gasteiger partial charge in [0.2, 0.25) is 5.88 Å². The van der Waals surface area contributed by atoms with E-state index in [1.807, 2.05) is 38.1 Å². The van der Waals surface area contributed by atoms with Gasteiger partial charge in [0, 0.05) is 17.8 Å². The molecule has 5 nitrogen and oxygen atoms in total. The molecular weight excluding hydrogens is 292 g/mol. The van der Waals surface area contributed by atoms with Crippen molar-refractivity contribution in [1.29, 1.82) is 0 Å². The maximum Gasteiger partial charge on any atom is 0.339 e. The fourth-order valence-electron chi connectivity index (χ4n) is 2.10. The van der Waals surface area contributed by atoms with Crippen molar-refractivity contribution in [3.63, 3.8) is 0 Å². The third-order valence-corrected chi connectivity index (χ3v) is 3.05. The molecule has 0 fully saturated rings. The van der Waals surface area contributed by atoms with Crippen LogP contribution in [-0.4, -0.2) is 23.1 Å². The van der Waals surface area contributed by atoms with Crippen molar-refractivity contribution in [3.05, 3.63) is 53.7 Å². The van der Waals surface area contributed by atoms with Crippen LogP contribution in [0.4, 0.5) is 0 Å². The van der Waals surface area contributed by atoms with Crippen LogP contribution >= 0.6 is 0 Å². The molecule has 0 aliphatic rings. The number of aromatic nitrogens is 1. The molecule has 0 radical (unpaired) electrons. The Hall–Kier alpha value is -2.40. The standard InChI is InChI=1S/C18H22N2O3/c1-4-22-17(21)14-7-10-16(20-12-14)23-15-8-5-13(6-9-15)11-18(2,3)19/h5-10,12H,4,11,19H2,1-3H3. The fraction of sp³-hybridized carbons (Fsp3) is 0.333. The molecule has 23 heavy (non-hydrogen) atoms. The molecule has 1 aromatic carbocycles. The Labute approximate surface area is 136 Å². The summed E-state index contributed by atoms with van der Waals surface area (Å²) in [5, 5.41) is 0. The van der Waals surface area contributed by atoms with Crippen molar-refractivity contribution in [1.82, 2.24) is 4.98 Å². The van der Waals surface area contributed by atoms with Gasteiger partial charge in [-0.05, 0) is 51.0 Å². The lowest BCUT2D eigenvalue weighted by atomic mass is 9.96. The predicted octanol–water partition coefficient (Wildman–Crippen LogP) is 3.33. The number of rotatable bonds is 6. The van der Waals surface area contributed by atoms with Crippen LogP contribution in [0.5, 0.6) is 11.6 Å². The second-order valence-electron chi connectivity index (χ2n) is 6.02. The molecular formula is C18H22N2O3. The Bertz CT molecular complexity index is 643. The van der Waals surface area contributed by atoms with E-state index in [-0.39, 0.29) is 11.5 Å². The highest BCUT2D eigenvalue weighted by Crippen LogP contribution is 2.21. The first-order valence-electron chi connectivity index (χ1n) is 7.56. The van der Waals surface area contributed by atoms with Crippen molar-refractivity contribution in [2.75, 3.05) is 6.61 Å². The quantitative estimate of drug-likeness (QED) is 0.828. The highest BCUT2D eigenvalue weighted by atomic mass is 16.5. The molecule has 1 aromatic heterocycles.